The smallest absolute Gasteiger partial charge is 0.140 e. The van der Waals surface area contributed by atoms with Crippen molar-refractivity contribution < 1.29 is 4.39 Å². The van der Waals surface area contributed by atoms with Gasteiger partial charge in [0.15, 0.2) is 0 Å². The first-order valence-electron chi connectivity index (χ1n) is 4.41. The molecule has 2 aromatic rings. The molecule has 0 N–H and O–H groups in total. The lowest BCUT2D eigenvalue weighted by Crippen LogP contribution is -1.85. The van der Waals surface area contributed by atoms with Crippen LogP contribution >= 0.6 is 0 Å². The molecule has 0 fully saturated rings. The molecule has 0 bridgehead atoms. The van der Waals surface area contributed by atoms with Gasteiger partial charge in [-0.1, -0.05) is 12.1 Å². The Hall–Kier alpha value is -2.21. The number of rotatable bonds is 1. The number of halogens is 1. The highest BCUT2D eigenvalue weighted by molar-refractivity contribution is 5.64. The van der Waals surface area contributed by atoms with E-state index in [9.17, 15) is 4.39 Å². The average molecular weight is 198 g/mol. The summed E-state index contributed by atoms with van der Waals surface area (Å²) in [5.74, 6) is -0.495. The molecule has 2 nitrogen and oxygen atoms in total. The lowest BCUT2D eigenvalue weighted by Gasteiger charge is -2.01. The highest BCUT2D eigenvalue weighted by atomic mass is 19.1. The maximum absolute atomic E-state index is 13.0. The number of benzene rings is 1. The van der Waals surface area contributed by atoms with E-state index in [2.05, 4.69) is 4.98 Å². The second kappa shape index (κ2) is 3.89. The van der Waals surface area contributed by atoms with Gasteiger partial charge in [-0.05, 0) is 23.8 Å². The van der Waals surface area contributed by atoms with Gasteiger partial charge in [-0.2, -0.15) is 5.26 Å². The molecule has 0 unspecified atom stereocenters. The van der Waals surface area contributed by atoms with Crippen molar-refractivity contribution in [1.82, 2.24) is 4.98 Å². The Labute approximate surface area is 86.6 Å². The van der Waals surface area contributed by atoms with Gasteiger partial charge >= 0.3 is 0 Å². The third-order valence-corrected chi connectivity index (χ3v) is 2.08. The fourth-order valence-electron chi connectivity index (χ4n) is 1.32. The fraction of sp³-hybridized carbons (Fsp3) is 0. The van der Waals surface area contributed by atoms with E-state index in [0.29, 0.717) is 0 Å². The zero-order chi connectivity index (χ0) is 10.7. The Kier molecular flexibility index (Phi) is 2.42. The van der Waals surface area contributed by atoms with Crippen molar-refractivity contribution in [3.05, 3.63) is 54.1 Å². The summed E-state index contributed by atoms with van der Waals surface area (Å²) in [5, 5.41) is 8.68. The van der Waals surface area contributed by atoms with E-state index < -0.39 is 5.82 Å². The minimum absolute atomic E-state index is 0.0522. The van der Waals surface area contributed by atoms with Gasteiger partial charge in [0.05, 0.1) is 5.56 Å². The van der Waals surface area contributed by atoms with Gasteiger partial charge in [0.2, 0.25) is 0 Å². The standard InChI is InChI=1S/C12H7FN2/c13-12-4-3-9(6-11(12)7-14)10-2-1-5-15-8-10/h1-6,8H. The van der Waals surface area contributed by atoms with Gasteiger partial charge in [0.25, 0.3) is 0 Å². The number of nitriles is 1. The molecule has 0 aliphatic heterocycles. The molecular formula is C12H7FN2. The molecule has 3 heteroatoms. The molecule has 0 radical (unpaired) electrons. The van der Waals surface area contributed by atoms with Crippen LogP contribution in [0.4, 0.5) is 4.39 Å². The van der Waals surface area contributed by atoms with Crippen molar-refractivity contribution in [1.29, 1.82) is 5.26 Å². The largest absolute Gasteiger partial charge is 0.264 e. The monoisotopic (exact) mass is 198 g/mol. The molecule has 0 atom stereocenters. The minimum atomic E-state index is -0.495. The Morgan fingerprint density at radius 1 is 1.20 bits per heavy atom. The third-order valence-electron chi connectivity index (χ3n) is 2.08. The number of hydrogen-bond donors (Lipinski definition) is 0. The molecule has 1 heterocycles. The van der Waals surface area contributed by atoms with Crippen molar-refractivity contribution in [3.8, 4) is 17.2 Å². The lowest BCUT2D eigenvalue weighted by molar-refractivity contribution is 0.624. The molecule has 2 rings (SSSR count). The first kappa shape index (κ1) is 9.35. The highest BCUT2D eigenvalue weighted by Crippen LogP contribution is 2.20. The maximum atomic E-state index is 13.0. The van der Waals surface area contributed by atoms with Crippen LogP contribution in [0.5, 0.6) is 0 Å². The molecule has 0 spiro atoms. The van der Waals surface area contributed by atoms with Gasteiger partial charge < -0.3 is 0 Å². The molecule has 0 saturated heterocycles. The molecule has 15 heavy (non-hydrogen) atoms. The van der Waals surface area contributed by atoms with Crippen LogP contribution in [0.2, 0.25) is 0 Å². The number of hydrogen-bond acceptors (Lipinski definition) is 2. The Bertz CT molecular complexity index is 515. The molecular weight excluding hydrogens is 191 g/mol. The topological polar surface area (TPSA) is 36.7 Å². The summed E-state index contributed by atoms with van der Waals surface area (Å²) >= 11 is 0. The van der Waals surface area contributed by atoms with E-state index in [-0.39, 0.29) is 5.56 Å². The summed E-state index contributed by atoms with van der Waals surface area (Å²) in [6, 6.07) is 9.91. The highest BCUT2D eigenvalue weighted by Gasteiger charge is 2.03. The zero-order valence-corrected chi connectivity index (χ0v) is 7.81. The van der Waals surface area contributed by atoms with Crippen LogP contribution in [0.15, 0.2) is 42.7 Å². The summed E-state index contributed by atoms with van der Waals surface area (Å²) in [7, 11) is 0. The lowest BCUT2D eigenvalue weighted by atomic mass is 10.1. The third kappa shape index (κ3) is 1.84. The summed E-state index contributed by atoms with van der Waals surface area (Å²) in [5.41, 5.74) is 1.71. The molecule has 0 saturated carbocycles. The van der Waals surface area contributed by atoms with E-state index in [0.717, 1.165) is 11.1 Å². The van der Waals surface area contributed by atoms with Gasteiger partial charge in [0.1, 0.15) is 11.9 Å². The van der Waals surface area contributed by atoms with Crippen LogP contribution in [-0.4, -0.2) is 4.98 Å². The molecule has 0 aliphatic rings. The fourth-order valence-corrected chi connectivity index (χ4v) is 1.32. The summed E-state index contributed by atoms with van der Waals surface area (Å²) in [4.78, 5) is 3.96. The minimum Gasteiger partial charge on any atom is -0.264 e. The zero-order valence-electron chi connectivity index (χ0n) is 7.81. The van der Waals surface area contributed by atoms with Crippen molar-refractivity contribution in [2.75, 3.05) is 0 Å². The predicted octanol–water partition coefficient (Wildman–Crippen LogP) is 2.76. The second-order valence-electron chi connectivity index (χ2n) is 3.05. The van der Waals surface area contributed by atoms with Gasteiger partial charge in [0, 0.05) is 18.0 Å². The first-order valence-corrected chi connectivity index (χ1v) is 4.41. The molecule has 0 amide bonds. The van der Waals surface area contributed by atoms with Crippen LogP contribution in [0.3, 0.4) is 0 Å². The molecule has 1 aromatic heterocycles. The Balaban J connectivity index is 2.52. The van der Waals surface area contributed by atoms with Gasteiger partial charge in [-0.3, -0.25) is 4.98 Å². The van der Waals surface area contributed by atoms with Crippen molar-refractivity contribution in [2.45, 2.75) is 0 Å². The van der Waals surface area contributed by atoms with Crippen LogP contribution in [-0.2, 0) is 0 Å². The predicted molar refractivity (Wildman–Crippen MR) is 54.3 cm³/mol. The quantitative estimate of drug-likeness (QED) is 0.706. The second-order valence-corrected chi connectivity index (χ2v) is 3.05. The van der Waals surface area contributed by atoms with E-state index in [1.807, 2.05) is 12.1 Å². The number of pyridine rings is 1. The van der Waals surface area contributed by atoms with E-state index >= 15 is 0 Å². The van der Waals surface area contributed by atoms with E-state index in [4.69, 9.17) is 5.26 Å². The van der Waals surface area contributed by atoms with Crippen LogP contribution < -0.4 is 0 Å². The molecule has 1 aromatic carbocycles. The van der Waals surface area contributed by atoms with Gasteiger partial charge in [-0.25, -0.2) is 4.39 Å². The summed E-state index contributed by atoms with van der Waals surface area (Å²) in [6.07, 6.45) is 3.34. The van der Waals surface area contributed by atoms with E-state index in [1.54, 1.807) is 24.5 Å². The van der Waals surface area contributed by atoms with Gasteiger partial charge in [-0.15, -0.1) is 0 Å². The van der Waals surface area contributed by atoms with Crippen molar-refractivity contribution in [3.63, 3.8) is 0 Å². The first-order chi connectivity index (χ1) is 7.31. The Morgan fingerprint density at radius 2 is 2.07 bits per heavy atom. The van der Waals surface area contributed by atoms with Crippen molar-refractivity contribution in [2.24, 2.45) is 0 Å². The van der Waals surface area contributed by atoms with Crippen LogP contribution in [0.1, 0.15) is 5.56 Å². The SMILES string of the molecule is N#Cc1cc(-c2cccnc2)ccc1F. The molecule has 0 aliphatic carbocycles. The van der Waals surface area contributed by atoms with Crippen LogP contribution in [0.25, 0.3) is 11.1 Å². The Morgan fingerprint density at radius 3 is 2.73 bits per heavy atom. The molecule has 72 valence electrons. The number of aromatic nitrogens is 1. The summed E-state index contributed by atoms with van der Waals surface area (Å²) in [6.45, 7) is 0. The maximum Gasteiger partial charge on any atom is 0.140 e. The summed E-state index contributed by atoms with van der Waals surface area (Å²) < 4.78 is 13.0. The number of nitrogens with zero attached hydrogens (tertiary/aromatic N) is 2. The normalized spacial score (nSPS) is 9.60. The van der Waals surface area contributed by atoms with E-state index in [1.165, 1.54) is 12.1 Å². The average Bonchev–Trinajstić information content (AvgIpc) is 2.31. The van der Waals surface area contributed by atoms with Crippen molar-refractivity contribution >= 4 is 0 Å². The van der Waals surface area contributed by atoms with Crippen LogP contribution in [0, 0.1) is 17.1 Å².